The van der Waals surface area contributed by atoms with Gasteiger partial charge < -0.3 is 15.0 Å². The number of amides is 1. The molecule has 0 saturated heterocycles. The van der Waals surface area contributed by atoms with Gasteiger partial charge in [-0.1, -0.05) is 35.1 Å². The van der Waals surface area contributed by atoms with Crippen LogP contribution in [-0.4, -0.2) is 44.4 Å². The van der Waals surface area contributed by atoms with Gasteiger partial charge in [0, 0.05) is 30.3 Å². The highest BCUT2D eigenvalue weighted by Crippen LogP contribution is 2.30. The van der Waals surface area contributed by atoms with E-state index in [1.165, 1.54) is 30.1 Å². The van der Waals surface area contributed by atoms with Crippen LogP contribution in [0.4, 0.5) is 14.7 Å². The van der Waals surface area contributed by atoms with Gasteiger partial charge in [0.1, 0.15) is 5.82 Å². The van der Waals surface area contributed by atoms with E-state index in [0.29, 0.717) is 10.3 Å². The van der Waals surface area contributed by atoms with Crippen LogP contribution in [0, 0.1) is 12.7 Å². The summed E-state index contributed by atoms with van der Waals surface area (Å²) in [4.78, 5) is 15.8. The molecule has 5 rings (SSSR count). The summed E-state index contributed by atoms with van der Waals surface area (Å²) in [7, 11) is 1.37. The van der Waals surface area contributed by atoms with E-state index in [1.54, 1.807) is 12.1 Å². The molecule has 0 radical (unpaired) electrons. The summed E-state index contributed by atoms with van der Waals surface area (Å²) in [5, 5.41) is 24.8. The number of aromatic amines is 1. The summed E-state index contributed by atoms with van der Waals surface area (Å²) in [5.41, 5.74) is 3.87. The minimum atomic E-state index is -1.09. The molecule has 180 valence electrons. The number of aromatic nitrogens is 5. The molecule has 1 amide bonds. The first kappa shape index (κ1) is 23.1. The Hall–Kier alpha value is -3.70. The van der Waals surface area contributed by atoms with Crippen molar-refractivity contribution in [2.45, 2.75) is 38.3 Å². The molecule has 1 aliphatic rings. The molecule has 9 nitrogen and oxygen atoms in total. The Morgan fingerprint density at radius 3 is 2.86 bits per heavy atom. The highest BCUT2D eigenvalue weighted by molar-refractivity contribution is 7.19. The number of aryl methyl sites for hydroxylation is 1. The number of carbonyl (C=O) groups is 1. The normalized spacial score (nSPS) is 16.7. The number of benzene rings is 1. The Balaban J connectivity index is 1.20. The molecular weight excluding hydrogens is 469 g/mol. The Morgan fingerprint density at radius 2 is 2.06 bits per heavy atom. The van der Waals surface area contributed by atoms with Gasteiger partial charge in [-0.3, -0.25) is 10.1 Å². The number of anilines is 2. The number of ether oxygens (including phenoxy) is 1. The monoisotopic (exact) mass is 493 g/mol. The number of hydrogen-bond acceptors (Lipinski definition) is 8. The molecule has 0 bridgehead atoms. The molecule has 1 aliphatic carbocycles. The van der Waals surface area contributed by atoms with Crippen molar-refractivity contribution >= 4 is 44.1 Å². The zero-order valence-electron chi connectivity index (χ0n) is 19.2. The Labute approximate surface area is 204 Å². The van der Waals surface area contributed by atoms with Gasteiger partial charge in [-0.15, -0.1) is 20.4 Å². The maximum absolute atomic E-state index is 14.3. The fourth-order valence-electron chi connectivity index (χ4n) is 4.13. The Kier molecular flexibility index (Phi) is 6.51. The molecule has 3 aromatic heterocycles. The number of allylic oxidation sites excluding steroid dienone is 1. The van der Waals surface area contributed by atoms with Crippen molar-refractivity contribution in [3.05, 3.63) is 65.2 Å². The predicted molar refractivity (Wildman–Crippen MR) is 133 cm³/mol. The third-order valence-corrected chi connectivity index (χ3v) is 6.71. The molecule has 0 spiro atoms. The van der Waals surface area contributed by atoms with Crippen molar-refractivity contribution < 1.29 is 13.9 Å². The number of halogens is 1. The summed E-state index contributed by atoms with van der Waals surface area (Å²) in [6, 6.07) is 8.79. The number of methoxy groups -OCH3 is 1. The fourth-order valence-corrected chi connectivity index (χ4v) is 4.85. The number of nitrogens with zero attached hydrogens (tertiary/aromatic N) is 4. The first-order chi connectivity index (χ1) is 17.0. The summed E-state index contributed by atoms with van der Waals surface area (Å²) in [5.74, 6) is -1.01. The maximum Gasteiger partial charge on any atom is 0.260 e. The van der Waals surface area contributed by atoms with Crippen LogP contribution >= 0.6 is 11.3 Å². The van der Waals surface area contributed by atoms with Gasteiger partial charge in [0.05, 0.1) is 5.69 Å². The van der Waals surface area contributed by atoms with Gasteiger partial charge in [0.15, 0.2) is 11.8 Å². The molecule has 35 heavy (non-hydrogen) atoms. The Bertz CT molecular complexity index is 1400. The SMILES string of the molecule is CO[C@@H](C(=O)Nc1nnc(N[C@@H]2CC=C(c3cc4cc[nH]c4nn3)CC2)s1)c1cc(C)ccc1F. The fraction of sp³-hybridized carbons (Fsp3) is 0.292. The van der Waals surface area contributed by atoms with Crippen molar-refractivity contribution in [1.29, 1.82) is 0 Å². The molecule has 3 heterocycles. The van der Waals surface area contributed by atoms with E-state index in [4.69, 9.17) is 4.74 Å². The third-order valence-electron chi connectivity index (χ3n) is 5.94. The third kappa shape index (κ3) is 5.05. The van der Waals surface area contributed by atoms with Crippen LogP contribution in [0.25, 0.3) is 16.6 Å². The summed E-state index contributed by atoms with van der Waals surface area (Å²) in [6.45, 7) is 1.83. The molecule has 1 aromatic carbocycles. The first-order valence-electron chi connectivity index (χ1n) is 11.2. The van der Waals surface area contributed by atoms with E-state index in [-0.39, 0.29) is 11.6 Å². The second-order valence-corrected chi connectivity index (χ2v) is 9.38. The van der Waals surface area contributed by atoms with Crippen molar-refractivity contribution in [3.63, 3.8) is 0 Å². The van der Waals surface area contributed by atoms with Crippen molar-refractivity contribution in [2.24, 2.45) is 0 Å². The van der Waals surface area contributed by atoms with Crippen LogP contribution < -0.4 is 10.6 Å². The summed E-state index contributed by atoms with van der Waals surface area (Å²) >= 11 is 1.22. The number of fused-ring (bicyclic) bond motifs is 1. The molecule has 2 atom stereocenters. The van der Waals surface area contributed by atoms with Crippen LogP contribution in [0.1, 0.15) is 42.2 Å². The molecule has 3 N–H and O–H groups in total. The maximum atomic E-state index is 14.3. The van der Waals surface area contributed by atoms with E-state index in [2.05, 4.69) is 42.1 Å². The first-order valence-corrected chi connectivity index (χ1v) is 12.0. The average Bonchev–Trinajstić information content (AvgIpc) is 3.51. The minimum absolute atomic E-state index is 0.179. The standard InChI is InChI=1S/C24H24FN7O2S/c1-13-3-8-18(25)17(11-13)20(34-2)22(33)28-24-32-31-23(35-24)27-16-6-4-14(5-7-16)19-12-15-9-10-26-21(15)30-29-19/h3-4,8-12,16,20H,5-7H2,1-2H3,(H,26,30)(H,27,31)(H,28,32,33)/t16-,20-/m1/s1. The number of nitrogens with one attached hydrogen (secondary N) is 3. The lowest BCUT2D eigenvalue weighted by molar-refractivity contribution is -0.126. The molecular formula is C24H24FN7O2S. The van der Waals surface area contributed by atoms with Gasteiger partial charge in [0.25, 0.3) is 5.91 Å². The van der Waals surface area contributed by atoms with Gasteiger partial charge in [-0.05, 0) is 50.0 Å². The van der Waals surface area contributed by atoms with E-state index in [0.717, 1.165) is 41.6 Å². The largest absolute Gasteiger partial charge is 0.367 e. The Morgan fingerprint density at radius 1 is 1.20 bits per heavy atom. The van der Waals surface area contributed by atoms with E-state index < -0.39 is 17.8 Å². The summed E-state index contributed by atoms with van der Waals surface area (Å²) in [6.07, 6.45) is 5.51. The number of H-pyrrole nitrogens is 1. The quantitative estimate of drug-likeness (QED) is 0.343. The van der Waals surface area contributed by atoms with Crippen LogP contribution in [-0.2, 0) is 9.53 Å². The molecule has 0 unspecified atom stereocenters. The van der Waals surface area contributed by atoms with Crippen LogP contribution in [0.15, 0.2) is 42.6 Å². The van der Waals surface area contributed by atoms with Crippen molar-refractivity contribution in [1.82, 2.24) is 25.4 Å². The van der Waals surface area contributed by atoms with E-state index in [1.807, 2.05) is 25.3 Å². The average molecular weight is 494 g/mol. The number of rotatable bonds is 7. The lowest BCUT2D eigenvalue weighted by Gasteiger charge is -2.22. The molecule has 0 saturated carbocycles. The lowest BCUT2D eigenvalue weighted by Crippen LogP contribution is -2.23. The highest BCUT2D eigenvalue weighted by atomic mass is 32.1. The number of carbonyl (C=O) groups excluding carboxylic acids is 1. The molecule has 0 aliphatic heterocycles. The van der Waals surface area contributed by atoms with Crippen LogP contribution in [0.2, 0.25) is 0 Å². The lowest BCUT2D eigenvalue weighted by atomic mass is 9.93. The van der Waals surface area contributed by atoms with E-state index >= 15 is 0 Å². The second kappa shape index (κ2) is 9.88. The summed E-state index contributed by atoms with van der Waals surface area (Å²) < 4.78 is 19.5. The van der Waals surface area contributed by atoms with Crippen LogP contribution in [0.3, 0.4) is 0 Å². The number of hydrogen-bond donors (Lipinski definition) is 3. The van der Waals surface area contributed by atoms with Crippen molar-refractivity contribution in [3.8, 4) is 0 Å². The highest BCUT2D eigenvalue weighted by Gasteiger charge is 2.25. The zero-order chi connectivity index (χ0) is 24.4. The topological polar surface area (TPSA) is 118 Å². The van der Waals surface area contributed by atoms with Gasteiger partial charge in [-0.2, -0.15) is 0 Å². The molecule has 11 heteroatoms. The second-order valence-electron chi connectivity index (χ2n) is 8.40. The van der Waals surface area contributed by atoms with Crippen molar-refractivity contribution in [2.75, 3.05) is 17.7 Å². The van der Waals surface area contributed by atoms with Gasteiger partial charge in [-0.25, -0.2) is 4.39 Å². The minimum Gasteiger partial charge on any atom is -0.367 e. The van der Waals surface area contributed by atoms with Gasteiger partial charge in [0.2, 0.25) is 10.3 Å². The smallest absolute Gasteiger partial charge is 0.260 e. The molecule has 0 fully saturated rings. The zero-order valence-corrected chi connectivity index (χ0v) is 20.0. The molecule has 4 aromatic rings. The van der Waals surface area contributed by atoms with Crippen LogP contribution in [0.5, 0.6) is 0 Å². The predicted octanol–water partition coefficient (Wildman–Crippen LogP) is 4.63. The van der Waals surface area contributed by atoms with Gasteiger partial charge >= 0.3 is 0 Å². The van der Waals surface area contributed by atoms with E-state index in [9.17, 15) is 9.18 Å².